The number of carbonyl (C=O) groups is 2. The summed E-state index contributed by atoms with van der Waals surface area (Å²) in [6.07, 6.45) is 0. The standard InChI is InChI=1S/C25H25BrFN3O2S/c26-21-4-1-3-20(17-21)24(31)29-13-10-28(11-14-29)12-15-30(25(32)23-5-2-16-33-23)18-19-6-8-22(27)9-7-19/h1-9,16-17H,10-15,18H2. The number of halogens is 2. The van der Waals surface area contributed by atoms with Gasteiger partial charge < -0.3 is 9.80 Å². The molecule has 33 heavy (non-hydrogen) atoms. The van der Waals surface area contributed by atoms with Crippen molar-refractivity contribution in [2.45, 2.75) is 6.54 Å². The van der Waals surface area contributed by atoms with Crippen LogP contribution in [-0.2, 0) is 6.54 Å². The van der Waals surface area contributed by atoms with Crippen molar-refractivity contribution in [1.82, 2.24) is 14.7 Å². The van der Waals surface area contributed by atoms with Crippen molar-refractivity contribution in [3.63, 3.8) is 0 Å². The molecule has 1 saturated heterocycles. The van der Waals surface area contributed by atoms with E-state index in [0.29, 0.717) is 36.6 Å². The SMILES string of the molecule is O=C(c1cccc(Br)c1)N1CCN(CCN(Cc2ccc(F)cc2)C(=O)c2cccs2)CC1. The molecule has 4 rings (SSSR count). The van der Waals surface area contributed by atoms with Gasteiger partial charge in [0.05, 0.1) is 4.88 Å². The van der Waals surface area contributed by atoms with E-state index in [1.54, 1.807) is 12.1 Å². The number of rotatable bonds is 7. The maximum atomic E-state index is 13.3. The van der Waals surface area contributed by atoms with Crippen molar-refractivity contribution in [2.24, 2.45) is 0 Å². The lowest BCUT2D eigenvalue weighted by molar-refractivity contribution is 0.0600. The molecule has 0 saturated carbocycles. The molecule has 0 unspecified atom stereocenters. The number of carbonyl (C=O) groups excluding carboxylic acids is 2. The zero-order valence-electron chi connectivity index (χ0n) is 18.1. The minimum atomic E-state index is -0.287. The van der Waals surface area contributed by atoms with Crippen LogP contribution >= 0.6 is 27.3 Å². The molecule has 2 amide bonds. The molecule has 2 aromatic carbocycles. The molecule has 1 fully saturated rings. The second-order valence-electron chi connectivity index (χ2n) is 7.97. The van der Waals surface area contributed by atoms with Crippen LogP contribution in [0.1, 0.15) is 25.6 Å². The number of amides is 2. The van der Waals surface area contributed by atoms with E-state index in [0.717, 1.165) is 29.7 Å². The largest absolute Gasteiger partial charge is 0.336 e. The molecule has 0 spiro atoms. The molecule has 2 heterocycles. The Bertz CT molecular complexity index is 1080. The second-order valence-corrected chi connectivity index (χ2v) is 9.84. The smallest absolute Gasteiger partial charge is 0.264 e. The van der Waals surface area contributed by atoms with Gasteiger partial charge in [0, 0.05) is 55.8 Å². The summed E-state index contributed by atoms with van der Waals surface area (Å²) in [5.74, 6) is -0.260. The van der Waals surface area contributed by atoms with Crippen molar-refractivity contribution in [3.05, 3.63) is 92.3 Å². The van der Waals surface area contributed by atoms with Crippen molar-refractivity contribution < 1.29 is 14.0 Å². The van der Waals surface area contributed by atoms with Gasteiger partial charge >= 0.3 is 0 Å². The third-order valence-corrected chi connectivity index (χ3v) is 7.07. The van der Waals surface area contributed by atoms with Crippen LogP contribution in [0, 0.1) is 5.82 Å². The summed E-state index contributed by atoms with van der Waals surface area (Å²) in [6, 6.07) is 17.4. The molecule has 0 N–H and O–H groups in total. The topological polar surface area (TPSA) is 43.9 Å². The molecule has 1 aliphatic rings. The van der Waals surface area contributed by atoms with E-state index < -0.39 is 0 Å². The Labute approximate surface area is 205 Å². The molecule has 0 bridgehead atoms. The quantitative estimate of drug-likeness (QED) is 0.443. The van der Waals surface area contributed by atoms with Crippen LogP contribution in [0.2, 0.25) is 0 Å². The van der Waals surface area contributed by atoms with Crippen molar-refractivity contribution in [2.75, 3.05) is 39.3 Å². The zero-order chi connectivity index (χ0) is 23.2. The van der Waals surface area contributed by atoms with E-state index in [2.05, 4.69) is 20.8 Å². The van der Waals surface area contributed by atoms with Crippen LogP contribution in [0.15, 0.2) is 70.5 Å². The normalized spacial score (nSPS) is 14.3. The molecule has 0 aliphatic carbocycles. The highest BCUT2D eigenvalue weighted by molar-refractivity contribution is 9.10. The van der Waals surface area contributed by atoms with E-state index in [9.17, 15) is 14.0 Å². The Morgan fingerprint density at radius 3 is 2.42 bits per heavy atom. The molecular formula is C25H25BrFN3O2S. The van der Waals surface area contributed by atoms with Crippen LogP contribution in [-0.4, -0.2) is 65.8 Å². The second kappa shape index (κ2) is 11.0. The number of hydrogen-bond acceptors (Lipinski definition) is 4. The summed E-state index contributed by atoms with van der Waals surface area (Å²) < 4.78 is 14.2. The average molecular weight is 530 g/mol. The van der Waals surface area contributed by atoms with Gasteiger partial charge in [-0.05, 0) is 47.3 Å². The van der Waals surface area contributed by atoms with Crippen molar-refractivity contribution in [1.29, 1.82) is 0 Å². The van der Waals surface area contributed by atoms with Gasteiger partial charge in [0.2, 0.25) is 0 Å². The van der Waals surface area contributed by atoms with E-state index >= 15 is 0 Å². The molecule has 0 atom stereocenters. The predicted molar refractivity (Wildman–Crippen MR) is 132 cm³/mol. The van der Waals surface area contributed by atoms with Crippen LogP contribution in [0.4, 0.5) is 4.39 Å². The molecule has 1 aliphatic heterocycles. The monoisotopic (exact) mass is 529 g/mol. The lowest BCUT2D eigenvalue weighted by Gasteiger charge is -2.36. The highest BCUT2D eigenvalue weighted by atomic mass is 79.9. The Hall–Kier alpha value is -2.55. The summed E-state index contributed by atoms with van der Waals surface area (Å²) in [7, 11) is 0. The average Bonchev–Trinajstić information content (AvgIpc) is 3.37. The lowest BCUT2D eigenvalue weighted by atomic mass is 10.2. The van der Waals surface area contributed by atoms with Gasteiger partial charge in [-0.25, -0.2) is 4.39 Å². The Morgan fingerprint density at radius 2 is 1.76 bits per heavy atom. The number of hydrogen-bond donors (Lipinski definition) is 0. The fourth-order valence-corrected chi connectivity index (χ4v) is 4.95. The Morgan fingerprint density at radius 1 is 1.00 bits per heavy atom. The number of benzene rings is 2. The molecule has 8 heteroatoms. The molecule has 5 nitrogen and oxygen atoms in total. The van der Waals surface area contributed by atoms with Gasteiger partial charge in [-0.1, -0.05) is 40.2 Å². The summed E-state index contributed by atoms with van der Waals surface area (Å²) >= 11 is 4.85. The highest BCUT2D eigenvalue weighted by Gasteiger charge is 2.24. The van der Waals surface area contributed by atoms with Gasteiger partial charge in [-0.2, -0.15) is 0 Å². The predicted octanol–water partition coefficient (Wildman–Crippen LogP) is 4.75. The van der Waals surface area contributed by atoms with E-state index in [1.165, 1.54) is 23.5 Å². The maximum absolute atomic E-state index is 13.3. The van der Waals surface area contributed by atoms with Gasteiger partial charge in [0.1, 0.15) is 5.82 Å². The van der Waals surface area contributed by atoms with Crippen LogP contribution in [0.3, 0.4) is 0 Å². The minimum absolute atomic E-state index is 0.0159. The summed E-state index contributed by atoms with van der Waals surface area (Å²) in [6.45, 7) is 4.54. The maximum Gasteiger partial charge on any atom is 0.264 e. The lowest BCUT2D eigenvalue weighted by Crippen LogP contribution is -2.50. The van der Waals surface area contributed by atoms with E-state index in [-0.39, 0.29) is 17.6 Å². The fraction of sp³-hybridized carbons (Fsp3) is 0.280. The van der Waals surface area contributed by atoms with Crippen LogP contribution < -0.4 is 0 Å². The summed E-state index contributed by atoms with van der Waals surface area (Å²) in [5, 5.41) is 1.89. The molecule has 3 aromatic rings. The summed E-state index contributed by atoms with van der Waals surface area (Å²) in [4.78, 5) is 32.5. The number of piperazine rings is 1. The van der Waals surface area contributed by atoms with Crippen molar-refractivity contribution >= 4 is 39.1 Å². The first-order valence-corrected chi connectivity index (χ1v) is 12.5. The number of thiophene rings is 1. The highest BCUT2D eigenvalue weighted by Crippen LogP contribution is 2.17. The van der Waals surface area contributed by atoms with Gasteiger partial charge in [0.25, 0.3) is 11.8 Å². The third-order valence-electron chi connectivity index (χ3n) is 5.72. The Balaban J connectivity index is 1.34. The van der Waals surface area contributed by atoms with E-state index in [4.69, 9.17) is 0 Å². The first kappa shape index (κ1) is 23.6. The van der Waals surface area contributed by atoms with Gasteiger partial charge in [-0.3, -0.25) is 14.5 Å². The molecule has 0 radical (unpaired) electrons. The molecular weight excluding hydrogens is 505 g/mol. The first-order chi connectivity index (χ1) is 16.0. The fourth-order valence-electron chi connectivity index (χ4n) is 3.86. The first-order valence-electron chi connectivity index (χ1n) is 10.8. The van der Waals surface area contributed by atoms with E-state index in [1.807, 2.05) is 51.6 Å². The third kappa shape index (κ3) is 6.28. The van der Waals surface area contributed by atoms with Gasteiger partial charge in [-0.15, -0.1) is 11.3 Å². The molecule has 172 valence electrons. The number of nitrogens with zero attached hydrogens (tertiary/aromatic N) is 3. The minimum Gasteiger partial charge on any atom is -0.336 e. The molecule has 1 aromatic heterocycles. The van der Waals surface area contributed by atoms with Gasteiger partial charge in [0.15, 0.2) is 0 Å². The summed E-state index contributed by atoms with van der Waals surface area (Å²) in [5.41, 5.74) is 1.58. The van der Waals surface area contributed by atoms with Crippen LogP contribution in [0.25, 0.3) is 0 Å². The van der Waals surface area contributed by atoms with Crippen molar-refractivity contribution in [3.8, 4) is 0 Å². The Kier molecular flexibility index (Phi) is 7.90. The zero-order valence-corrected chi connectivity index (χ0v) is 20.5. The van der Waals surface area contributed by atoms with Crippen LogP contribution in [0.5, 0.6) is 0 Å².